The van der Waals surface area contributed by atoms with Crippen LogP contribution in [0.5, 0.6) is 5.75 Å². The second kappa shape index (κ2) is 6.92. The van der Waals surface area contributed by atoms with Gasteiger partial charge in [0.25, 0.3) is 5.56 Å². The summed E-state index contributed by atoms with van der Waals surface area (Å²) < 4.78 is 6.82. The lowest BCUT2D eigenvalue weighted by atomic mass is 10.1. The summed E-state index contributed by atoms with van der Waals surface area (Å²) in [5.41, 5.74) is 0.989. The zero-order valence-corrected chi connectivity index (χ0v) is 12.7. The normalized spacial score (nSPS) is 12.0. The van der Waals surface area contributed by atoms with Crippen molar-refractivity contribution in [1.82, 2.24) is 9.55 Å². The molecule has 0 bridgehead atoms. The highest BCUT2D eigenvalue weighted by Gasteiger charge is 2.10. The van der Waals surface area contributed by atoms with Crippen LogP contribution in [0, 0.1) is 0 Å². The van der Waals surface area contributed by atoms with E-state index in [9.17, 15) is 4.79 Å². The number of aryl methyl sites for hydroxylation is 1. The molecule has 112 valence electrons. The fourth-order valence-corrected chi connectivity index (χ4v) is 2.14. The molecule has 5 nitrogen and oxygen atoms in total. The van der Waals surface area contributed by atoms with Crippen LogP contribution in [-0.2, 0) is 6.54 Å². The quantitative estimate of drug-likeness (QED) is 0.887. The van der Waals surface area contributed by atoms with Crippen molar-refractivity contribution in [2.45, 2.75) is 32.9 Å². The average molecular weight is 287 g/mol. The molecule has 21 heavy (non-hydrogen) atoms. The summed E-state index contributed by atoms with van der Waals surface area (Å²) in [5, 5.41) is 3.18. The number of nitrogens with zero attached hydrogens (tertiary/aromatic N) is 2. The van der Waals surface area contributed by atoms with Crippen molar-refractivity contribution in [1.29, 1.82) is 0 Å². The van der Waals surface area contributed by atoms with Gasteiger partial charge in [-0.1, -0.05) is 19.1 Å². The van der Waals surface area contributed by atoms with Gasteiger partial charge in [0.1, 0.15) is 5.75 Å². The molecule has 0 radical (unpaired) electrons. The van der Waals surface area contributed by atoms with Gasteiger partial charge in [-0.25, -0.2) is 4.98 Å². The van der Waals surface area contributed by atoms with Crippen molar-refractivity contribution < 1.29 is 4.74 Å². The summed E-state index contributed by atoms with van der Waals surface area (Å²) in [4.78, 5) is 16.4. The standard InChI is InChI=1S/C16H21N3O2/c1-4-10-19-11-9-17-15(16(19)20)18-12(2)13-5-7-14(21-3)8-6-13/h5-9,11-12H,4,10H2,1-3H3,(H,17,18). The fraction of sp³-hybridized carbons (Fsp3) is 0.375. The molecule has 2 rings (SSSR count). The number of anilines is 1. The fourth-order valence-electron chi connectivity index (χ4n) is 2.14. The van der Waals surface area contributed by atoms with Crippen LogP contribution in [0.25, 0.3) is 0 Å². The molecule has 1 N–H and O–H groups in total. The Morgan fingerprint density at radius 3 is 2.67 bits per heavy atom. The first-order valence-electron chi connectivity index (χ1n) is 7.11. The molecule has 1 aromatic carbocycles. The SMILES string of the molecule is CCCn1ccnc(NC(C)c2ccc(OC)cc2)c1=O. The molecule has 0 aliphatic heterocycles. The van der Waals surface area contributed by atoms with Crippen LogP contribution in [0.4, 0.5) is 5.82 Å². The Bertz CT molecular complexity index is 635. The topological polar surface area (TPSA) is 56.1 Å². The number of methoxy groups -OCH3 is 1. The van der Waals surface area contributed by atoms with E-state index < -0.39 is 0 Å². The van der Waals surface area contributed by atoms with Gasteiger partial charge in [-0.2, -0.15) is 0 Å². The highest BCUT2D eigenvalue weighted by molar-refractivity contribution is 5.37. The highest BCUT2D eigenvalue weighted by Crippen LogP contribution is 2.19. The van der Waals surface area contributed by atoms with E-state index in [1.807, 2.05) is 38.1 Å². The molecular weight excluding hydrogens is 266 g/mol. The molecule has 0 spiro atoms. The van der Waals surface area contributed by atoms with Gasteiger partial charge in [0.15, 0.2) is 5.82 Å². The molecule has 1 unspecified atom stereocenters. The lowest BCUT2D eigenvalue weighted by Crippen LogP contribution is -2.25. The largest absolute Gasteiger partial charge is 0.497 e. The first-order chi connectivity index (χ1) is 10.2. The number of ether oxygens (including phenoxy) is 1. The molecule has 0 aliphatic carbocycles. The van der Waals surface area contributed by atoms with Crippen molar-refractivity contribution in [3.63, 3.8) is 0 Å². The van der Waals surface area contributed by atoms with Crippen LogP contribution in [0.15, 0.2) is 41.5 Å². The van der Waals surface area contributed by atoms with Crippen LogP contribution >= 0.6 is 0 Å². The van der Waals surface area contributed by atoms with E-state index in [2.05, 4.69) is 10.3 Å². The van der Waals surface area contributed by atoms with Crippen LogP contribution in [0.1, 0.15) is 31.9 Å². The second-order valence-corrected chi connectivity index (χ2v) is 4.91. The molecule has 1 heterocycles. The van der Waals surface area contributed by atoms with Gasteiger partial charge in [0.2, 0.25) is 0 Å². The highest BCUT2D eigenvalue weighted by atomic mass is 16.5. The Morgan fingerprint density at radius 2 is 2.05 bits per heavy atom. The average Bonchev–Trinajstić information content (AvgIpc) is 2.51. The third-order valence-electron chi connectivity index (χ3n) is 3.35. The lowest BCUT2D eigenvalue weighted by molar-refractivity contribution is 0.414. The minimum atomic E-state index is -0.0836. The number of nitrogens with one attached hydrogen (secondary N) is 1. The van der Waals surface area contributed by atoms with Gasteiger partial charge in [-0.05, 0) is 31.0 Å². The zero-order chi connectivity index (χ0) is 15.2. The van der Waals surface area contributed by atoms with Crippen molar-refractivity contribution in [2.75, 3.05) is 12.4 Å². The van der Waals surface area contributed by atoms with E-state index >= 15 is 0 Å². The lowest BCUT2D eigenvalue weighted by Gasteiger charge is -2.15. The number of hydrogen-bond donors (Lipinski definition) is 1. The number of benzene rings is 1. The summed E-state index contributed by atoms with van der Waals surface area (Å²) in [7, 11) is 1.64. The summed E-state index contributed by atoms with van der Waals surface area (Å²) in [6.45, 7) is 4.74. The van der Waals surface area contributed by atoms with E-state index in [-0.39, 0.29) is 11.6 Å². The maximum Gasteiger partial charge on any atom is 0.293 e. The van der Waals surface area contributed by atoms with E-state index in [1.165, 1.54) is 0 Å². The Balaban J connectivity index is 2.17. The molecule has 0 saturated carbocycles. The third kappa shape index (κ3) is 3.62. The Kier molecular flexibility index (Phi) is 4.98. The van der Waals surface area contributed by atoms with Gasteiger partial charge in [-0.15, -0.1) is 0 Å². The van der Waals surface area contributed by atoms with E-state index in [0.29, 0.717) is 12.4 Å². The van der Waals surface area contributed by atoms with E-state index in [1.54, 1.807) is 24.1 Å². The molecule has 0 saturated heterocycles. The Hall–Kier alpha value is -2.30. The number of rotatable bonds is 6. The Labute approximate surface area is 124 Å². The van der Waals surface area contributed by atoms with Gasteiger partial charge in [0.05, 0.1) is 13.2 Å². The van der Waals surface area contributed by atoms with Crippen LogP contribution in [-0.4, -0.2) is 16.7 Å². The summed E-state index contributed by atoms with van der Waals surface area (Å²) in [5.74, 6) is 1.20. The van der Waals surface area contributed by atoms with Gasteiger partial charge < -0.3 is 14.6 Å². The summed E-state index contributed by atoms with van der Waals surface area (Å²) in [6.07, 6.45) is 4.28. The number of hydrogen-bond acceptors (Lipinski definition) is 4. The predicted octanol–water partition coefficient (Wildman–Crippen LogP) is 2.84. The van der Waals surface area contributed by atoms with Gasteiger partial charge in [-0.3, -0.25) is 4.79 Å². The van der Waals surface area contributed by atoms with Crippen LogP contribution in [0.2, 0.25) is 0 Å². The summed E-state index contributed by atoms with van der Waals surface area (Å²) in [6, 6.07) is 7.75. The monoisotopic (exact) mass is 287 g/mol. The van der Waals surface area contributed by atoms with E-state index in [0.717, 1.165) is 17.7 Å². The molecule has 0 aliphatic rings. The molecule has 0 amide bonds. The van der Waals surface area contributed by atoms with Crippen LogP contribution in [0.3, 0.4) is 0 Å². The third-order valence-corrected chi connectivity index (χ3v) is 3.35. The molecular formula is C16H21N3O2. The first kappa shape index (κ1) is 15.1. The Morgan fingerprint density at radius 1 is 1.33 bits per heavy atom. The van der Waals surface area contributed by atoms with Crippen LogP contribution < -0.4 is 15.6 Å². The van der Waals surface area contributed by atoms with Gasteiger partial charge >= 0.3 is 0 Å². The van der Waals surface area contributed by atoms with Gasteiger partial charge in [0, 0.05) is 18.9 Å². The minimum absolute atomic E-state index is 0.00594. The van der Waals surface area contributed by atoms with Crippen molar-refractivity contribution in [3.05, 3.63) is 52.6 Å². The molecule has 5 heteroatoms. The maximum absolute atomic E-state index is 12.2. The second-order valence-electron chi connectivity index (χ2n) is 4.91. The van der Waals surface area contributed by atoms with E-state index in [4.69, 9.17) is 4.74 Å². The maximum atomic E-state index is 12.2. The van der Waals surface area contributed by atoms with Crippen molar-refractivity contribution in [3.8, 4) is 5.75 Å². The van der Waals surface area contributed by atoms with Crippen molar-refractivity contribution >= 4 is 5.82 Å². The summed E-state index contributed by atoms with van der Waals surface area (Å²) >= 11 is 0. The molecule has 1 aromatic heterocycles. The first-order valence-corrected chi connectivity index (χ1v) is 7.11. The number of aromatic nitrogens is 2. The molecule has 2 aromatic rings. The smallest absolute Gasteiger partial charge is 0.293 e. The molecule has 0 fully saturated rings. The minimum Gasteiger partial charge on any atom is -0.497 e. The predicted molar refractivity (Wildman–Crippen MR) is 83.8 cm³/mol. The zero-order valence-electron chi connectivity index (χ0n) is 12.7. The van der Waals surface area contributed by atoms with Crippen molar-refractivity contribution in [2.24, 2.45) is 0 Å². The molecule has 1 atom stereocenters.